The Morgan fingerprint density at radius 3 is 2.16 bits per heavy atom. The number of hydrogen-bond acceptors (Lipinski definition) is 2. The maximum absolute atomic E-state index is 12.8. The molecule has 2 aliphatic heterocycles. The van der Waals surface area contributed by atoms with Crippen LogP contribution in [0.5, 0.6) is 0 Å². The number of hydrogen-bond donors (Lipinski definition) is 0. The predicted molar refractivity (Wildman–Crippen MR) is 117 cm³/mol. The van der Waals surface area contributed by atoms with Gasteiger partial charge in [-0.2, -0.15) is 13.2 Å². The van der Waals surface area contributed by atoms with E-state index in [1.165, 1.54) is 18.6 Å². The number of nitrogens with zero attached hydrogens (tertiary/aromatic N) is 3. The average Bonchev–Trinajstić information content (AvgIpc) is 2.77. The zero-order valence-electron chi connectivity index (χ0n) is 18.8. The standard InChI is InChI=1S/C24H36F3N3O/c1-3-28(19(2)17-20-7-9-22(10-8-20)24(25,26)27)18-21-11-15-30(16-12-21)23(31)29-13-5-4-6-14-29/h7-10,19,21H,3-6,11-18H2,1-2H3. The first-order valence-electron chi connectivity index (χ1n) is 11.7. The second-order valence-corrected chi connectivity index (χ2v) is 9.10. The van der Waals surface area contributed by atoms with Gasteiger partial charge in [0.25, 0.3) is 0 Å². The van der Waals surface area contributed by atoms with Gasteiger partial charge >= 0.3 is 12.2 Å². The first kappa shape index (κ1) is 23.9. The molecule has 2 fully saturated rings. The van der Waals surface area contributed by atoms with E-state index in [-0.39, 0.29) is 12.1 Å². The van der Waals surface area contributed by atoms with Crippen LogP contribution in [0.15, 0.2) is 24.3 Å². The first-order chi connectivity index (χ1) is 14.8. The molecule has 0 aliphatic carbocycles. The van der Waals surface area contributed by atoms with Crippen molar-refractivity contribution in [3.8, 4) is 0 Å². The van der Waals surface area contributed by atoms with Crippen LogP contribution in [0.3, 0.4) is 0 Å². The van der Waals surface area contributed by atoms with Crippen LogP contribution < -0.4 is 0 Å². The molecule has 1 atom stereocenters. The van der Waals surface area contributed by atoms with Gasteiger partial charge in [0.1, 0.15) is 0 Å². The van der Waals surface area contributed by atoms with Gasteiger partial charge < -0.3 is 14.7 Å². The molecule has 4 nitrogen and oxygen atoms in total. The van der Waals surface area contributed by atoms with E-state index in [0.29, 0.717) is 5.92 Å². The number of piperidine rings is 2. The average molecular weight is 440 g/mol. The number of amides is 2. The van der Waals surface area contributed by atoms with Crippen molar-refractivity contribution in [2.45, 2.75) is 64.6 Å². The molecule has 0 radical (unpaired) electrons. The summed E-state index contributed by atoms with van der Waals surface area (Å²) in [4.78, 5) is 19.2. The third-order valence-corrected chi connectivity index (χ3v) is 6.85. The minimum Gasteiger partial charge on any atom is -0.325 e. The molecule has 2 amide bonds. The Morgan fingerprint density at radius 1 is 1.03 bits per heavy atom. The molecule has 0 spiro atoms. The molecule has 1 unspecified atom stereocenters. The number of likely N-dealkylation sites (tertiary alicyclic amines) is 2. The number of likely N-dealkylation sites (N-methyl/N-ethyl adjacent to an activating group) is 1. The number of halogens is 3. The van der Waals surface area contributed by atoms with E-state index in [1.54, 1.807) is 12.1 Å². The molecule has 3 rings (SSSR count). The quantitative estimate of drug-likeness (QED) is 0.603. The lowest BCUT2D eigenvalue weighted by molar-refractivity contribution is -0.137. The summed E-state index contributed by atoms with van der Waals surface area (Å²) in [7, 11) is 0. The van der Waals surface area contributed by atoms with Gasteiger partial charge in [-0.05, 0) is 75.6 Å². The Morgan fingerprint density at radius 2 is 1.61 bits per heavy atom. The van der Waals surface area contributed by atoms with Crippen molar-refractivity contribution in [1.29, 1.82) is 0 Å². The summed E-state index contributed by atoms with van der Waals surface area (Å²) in [5.41, 5.74) is 0.336. The van der Waals surface area contributed by atoms with E-state index < -0.39 is 11.7 Å². The summed E-state index contributed by atoms with van der Waals surface area (Å²) in [5.74, 6) is 0.556. The molecule has 0 N–H and O–H groups in total. The molecule has 2 saturated heterocycles. The van der Waals surface area contributed by atoms with Crippen molar-refractivity contribution in [1.82, 2.24) is 14.7 Å². The highest BCUT2D eigenvalue weighted by Crippen LogP contribution is 2.29. The van der Waals surface area contributed by atoms with Crippen LogP contribution in [0.25, 0.3) is 0 Å². The van der Waals surface area contributed by atoms with Crippen molar-refractivity contribution in [3.63, 3.8) is 0 Å². The molecule has 0 saturated carbocycles. The fourth-order valence-corrected chi connectivity index (χ4v) is 4.84. The summed E-state index contributed by atoms with van der Waals surface area (Å²) in [5, 5.41) is 0. The van der Waals surface area contributed by atoms with Gasteiger partial charge in [-0.15, -0.1) is 0 Å². The second kappa shape index (κ2) is 10.7. The Kier molecular flexibility index (Phi) is 8.25. The van der Waals surface area contributed by atoms with E-state index in [9.17, 15) is 18.0 Å². The fraction of sp³-hybridized carbons (Fsp3) is 0.708. The molecule has 31 heavy (non-hydrogen) atoms. The minimum atomic E-state index is -4.29. The first-order valence-corrected chi connectivity index (χ1v) is 11.7. The SMILES string of the molecule is CCN(CC1CCN(C(=O)N2CCCCC2)CC1)C(C)Cc1ccc(C(F)(F)F)cc1. The monoisotopic (exact) mass is 439 g/mol. The van der Waals surface area contributed by atoms with E-state index in [0.717, 1.165) is 76.9 Å². The van der Waals surface area contributed by atoms with E-state index in [4.69, 9.17) is 0 Å². The number of rotatable bonds is 6. The van der Waals surface area contributed by atoms with Gasteiger partial charge in [-0.3, -0.25) is 0 Å². The van der Waals surface area contributed by atoms with E-state index in [1.807, 2.05) is 9.80 Å². The van der Waals surface area contributed by atoms with Crippen molar-refractivity contribution in [2.24, 2.45) is 5.92 Å². The van der Waals surface area contributed by atoms with Crippen molar-refractivity contribution < 1.29 is 18.0 Å². The van der Waals surface area contributed by atoms with Crippen LogP contribution >= 0.6 is 0 Å². The van der Waals surface area contributed by atoms with Crippen LogP contribution in [-0.2, 0) is 12.6 Å². The highest BCUT2D eigenvalue weighted by molar-refractivity contribution is 5.74. The van der Waals surface area contributed by atoms with Crippen LogP contribution in [0.4, 0.5) is 18.0 Å². The summed E-state index contributed by atoms with van der Waals surface area (Å²) in [6.07, 6.45) is 1.94. The number of carbonyl (C=O) groups is 1. The molecule has 7 heteroatoms. The van der Waals surface area contributed by atoms with Crippen molar-refractivity contribution >= 4 is 6.03 Å². The molecular formula is C24H36F3N3O. The molecule has 0 aromatic heterocycles. The molecular weight excluding hydrogens is 403 g/mol. The summed E-state index contributed by atoms with van der Waals surface area (Å²) >= 11 is 0. The predicted octanol–water partition coefficient (Wildman–Crippen LogP) is 5.28. The third-order valence-electron chi connectivity index (χ3n) is 6.85. The van der Waals surface area contributed by atoms with Gasteiger partial charge in [0.05, 0.1) is 5.56 Å². The largest absolute Gasteiger partial charge is 0.416 e. The zero-order valence-corrected chi connectivity index (χ0v) is 18.8. The number of benzene rings is 1. The van der Waals surface area contributed by atoms with Gasteiger partial charge in [0.2, 0.25) is 0 Å². The minimum absolute atomic E-state index is 0.209. The lowest BCUT2D eigenvalue weighted by Gasteiger charge is -2.39. The highest BCUT2D eigenvalue weighted by Gasteiger charge is 2.30. The normalized spacial score (nSPS) is 19.7. The lowest BCUT2D eigenvalue weighted by atomic mass is 9.95. The highest BCUT2D eigenvalue weighted by atomic mass is 19.4. The summed E-state index contributed by atoms with van der Waals surface area (Å²) in [6, 6.07) is 6.01. The summed E-state index contributed by atoms with van der Waals surface area (Å²) in [6.45, 7) is 9.61. The van der Waals surface area contributed by atoms with Crippen LogP contribution in [0, 0.1) is 5.92 Å². The van der Waals surface area contributed by atoms with Gasteiger partial charge in [0.15, 0.2) is 0 Å². The lowest BCUT2D eigenvalue weighted by Crippen LogP contribution is -2.49. The van der Waals surface area contributed by atoms with Gasteiger partial charge in [0, 0.05) is 38.8 Å². The molecule has 1 aromatic rings. The van der Waals surface area contributed by atoms with Crippen LogP contribution in [0.2, 0.25) is 0 Å². The topological polar surface area (TPSA) is 26.8 Å². The van der Waals surface area contributed by atoms with Gasteiger partial charge in [-0.1, -0.05) is 19.1 Å². The van der Waals surface area contributed by atoms with Gasteiger partial charge in [-0.25, -0.2) is 4.79 Å². The number of alkyl halides is 3. The second-order valence-electron chi connectivity index (χ2n) is 9.10. The zero-order chi connectivity index (χ0) is 22.4. The van der Waals surface area contributed by atoms with E-state index in [2.05, 4.69) is 18.7 Å². The fourth-order valence-electron chi connectivity index (χ4n) is 4.84. The molecule has 174 valence electrons. The number of carbonyl (C=O) groups excluding carboxylic acids is 1. The Balaban J connectivity index is 1.46. The molecule has 2 aliphatic rings. The van der Waals surface area contributed by atoms with Crippen LogP contribution in [0.1, 0.15) is 57.1 Å². The summed E-state index contributed by atoms with van der Waals surface area (Å²) < 4.78 is 38.3. The molecule has 1 aromatic carbocycles. The van der Waals surface area contributed by atoms with E-state index >= 15 is 0 Å². The maximum Gasteiger partial charge on any atom is 0.416 e. The number of urea groups is 1. The Labute approximate surface area is 184 Å². The third kappa shape index (κ3) is 6.61. The van der Waals surface area contributed by atoms with Crippen molar-refractivity contribution in [3.05, 3.63) is 35.4 Å². The van der Waals surface area contributed by atoms with Crippen LogP contribution in [-0.4, -0.2) is 66.0 Å². The molecule has 0 bridgehead atoms. The smallest absolute Gasteiger partial charge is 0.325 e. The Hall–Kier alpha value is -1.76. The Bertz CT molecular complexity index is 693. The maximum atomic E-state index is 12.8. The van der Waals surface area contributed by atoms with Crippen molar-refractivity contribution in [2.75, 3.05) is 39.3 Å². The molecule has 2 heterocycles.